The van der Waals surface area contributed by atoms with Crippen LogP contribution >= 0.6 is 15.9 Å². The van der Waals surface area contributed by atoms with E-state index in [1.165, 1.54) is 0 Å². The third-order valence-corrected chi connectivity index (χ3v) is 4.23. The number of anilines is 1. The van der Waals surface area contributed by atoms with Gasteiger partial charge in [-0.3, -0.25) is 4.79 Å². The second-order valence-electron chi connectivity index (χ2n) is 5.26. The quantitative estimate of drug-likeness (QED) is 0.844. The summed E-state index contributed by atoms with van der Waals surface area (Å²) in [6, 6.07) is 7.16. The van der Waals surface area contributed by atoms with Gasteiger partial charge in [0.2, 0.25) is 0 Å². The molecule has 3 rings (SSSR count). The van der Waals surface area contributed by atoms with Gasteiger partial charge in [-0.15, -0.1) is 0 Å². The fourth-order valence-corrected chi connectivity index (χ4v) is 3.11. The fraction of sp³-hybridized carbons (Fsp3) is 0.333. The van der Waals surface area contributed by atoms with Crippen molar-refractivity contribution in [2.24, 2.45) is 0 Å². The van der Waals surface area contributed by atoms with Crippen LogP contribution in [0.3, 0.4) is 0 Å². The molecule has 0 radical (unpaired) electrons. The highest BCUT2D eigenvalue weighted by Crippen LogP contribution is 2.34. The van der Waals surface area contributed by atoms with Gasteiger partial charge in [0, 0.05) is 22.8 Å². The van der Waals surface area contributed by atoms with Crippen molar-refractivity contribution in [2.45, 2.75) is 25.8 Å². The van der Waals surface area contributed by atoms with E-state index in [1.54, 1.807) is 12.1 Å². The van der Waals surface area contributed by atoms with Crippen molar-refractivity contribution in [1.29, 1.82) is 0 Å². The van der Waals surface area contributed by atoms with E-state index in [2.05, 4.69) is 21.1 Å². The Kier molecular flexibility index (Phi) is 3.71. The summed E-state index contributed by atoms with van der Waals surface area (Å²) < 4.78 is 6.19. The number of nitrogens with zero attached hydrogens (tertiary/aromatic N) is 2. The summed E-state index contributed by atoms with van der Waals surface area (Å²) in [5.41, 5.74) is 7.80. The number of carbonyl (C=O) groups is 1. The first-order chi connectivity index (χ1) is 10.1. The number of amides is 1. The predicted molar refractivity (Wildman–Crippen MR) is 82.8 cm³/mol. The fourth-order valence-electron chi connectivity index (χ4n) is 2.73. The van der Waals surface area contributed by atoms with E-state index in [0.717, 1.165) is 28.8 Å². The molecule has 1 aliphatic heterocycles. The summed E-state index contributed by atoms with van der Waals surface area (Å²) in [5.74, 6) is 0.686. The van der Waals surface area contributed by atoms with Gasteiger partial charge in [0.15, 0.2) is 5.76 Å². The van der Waals surface area contributed by atoms with Crippen molar-refractivity contribution in [3.8, 4) is 0 Å². The predicted octanol–water partition coefficient (Wildman–Crippen LogP) is 3.31. The molecular weight excluding hydrogens is 334 g/mol. The molecule has 0 bridgehead atoms. The molecule has 110 valence electrons. The first kappa shape index (κ1) is 14.1. The van der Waals surface area contributed by atoms with Crippen molar-refractivity contribution in [1.82, 2.24) is 10.1 Å². The second-order valence-corrected chi connectivity index (χ2v) is 6.17. The Morgan fingerprint density at radius 1 is 1.48 bits per heavy atom. The maximum absolute atomic E-state index is 12.7. The topological polar surface area (TPSA) is 72.4 Å². The number of nitrogens with two attached hydrogens (primary N) is 1. The third-order valence-electron chi connectivity index (χ3n) is 3.73. The molecule has 2 N–H and O–H groups in total. The van der Waals surface area contributed by atoms with E-state index in [9.17, 15) is 4.79 Å². The van der Waals surface area contributed by atoms with Gasteiger partial charge in [-0.05, 0) is 38.0 Å². The average molecular weight is 350 g/mol. The number of likely N-dealkylation sites (tertiary alicyclic amines) is 1. The van der Waals surface area contributed by atoms with Crippen LogP contribution in [0.2, 0.25) is 0 Å². The molecule has 1 aromatic carbocycles. The molecule has 1 saturated heterocycles. The summed E-state index contributed by atoms with van der Waals surface area (Å²) in [6.45, 7) is 2.58. The number of aromatic nitrogens is 1. The number of hydrogen-bond donors (Lipinski definition) is 1. The van der Waals surface area contributed by atoms with Crippen LogP contribution in [-0.4, -0.2) is 22.5 Å². The molecular formula is C15H16BrN3O2. The Labute approximate surface area is 131 Å². The van der Waals surface area contributed by atoms with Crippen LogP contribution in [0.15, 0.2) is 33.3 Å². The number of benzene rings is 1. The number of nitrogen functional groups attached to an aromatic ring is 1. The van der Waals surface area contributed by atoms with E-state index in [4.69, 9.17) is 10.3 Å². The van der Waals surface area contributed by atoms with Crippen molar-refractivity contribution in [3.05, 3.63) is 45.8 Å². The normalized spacial score (nSPS) is 18.2. The van der Waals surface area contributed by atoms with Gasteiger partial charge < -0.3 is 15.2 Å². The summed E-state index contributed by atoms with van der Waals surface area (Å²) in [6.07, 6.45) is 1.84. The van der Waals surface area contributed by atoms with Gasteiger partial charge >= 0.3 is 0 Å². The number of aryl methyl sites for hydroxylation is 1. The first-order valence-electron chi connectivity index (χ1n) is 6.85. The van der Waals surface area contributed by atoms with Crippen LogP contribution in [0.5, 0.6) is 0 Å². The zero-order valence-electron chi connectivity index (χ0n) is 11.7. The van der Waals surface area contributed by atoms with E-state index >= 15 is 0 Å². The minimum Gasteiger partial charge on any atom is -0.398 e. The first-order valence-corrected chi connectivity index (χ1v) is 7.65. The Hall–Kier alpha value is -1.82. The molecule has 1 aliphatic rings. The van der Waals surface area contributed by atoms with E-state index < -0.39 is 0 Å². The molecule has 0 saturated carbocycles. The van der Waals surface area contributed by atoms with Crippen LogP contribution in [-0.2, 0) is 0 Å². The molecule has 21 heavy (non-hydrogen) atoms. The molecule has 0 aliphatic carbocycles. The molecule has 1 aromatic heterocycles. The Bertz CT molecular complexity index is 683. The minimum absolute atomic E-state index is 0.0539. The van der Waals surface area contributed by atoms with Gasteiger partial charge in [-0.2, -0.15) is 0 Å². The zero-order chi connectivity index (χ0) is 15.0. The lowest BCUT2D eigenvalue weighted by molar-refractivity contribution is 0.0715. The molecule has 2 heterocycles. The van der Waals surface area contributed by atoms with Gasteiger partial charge in [-0.1, -0.05) is 21.1 Å². The van der Waals surface area contributed by atoms with Gasteiger partial charge in [0.05, 0.1) is 17.3 Å². The third kappa shape index (κ3) is 2.68. The molecule has 1 fully saturated rings. The number of rotatable bonds is 2. The number of hydrogen-bond acceptors (Lipinski definition) is 4. The molecule has 1 atom stereocenters. The van der Waals surface area contributed by atoms with Crippen LogP contribution in [0.1, 0.15) is 40.7 Å². The summed E-state index contributed by atoms with van der Waals surface area (Å²) in [7, 11) is 0. The number of carbonyl (C=O) groups excluding carboxylic acids is 1. The molecule has 6 heteroatoms. The van der Waals surface area contributed by atoms with Gasteiger partial charge in [0.1, 0.15) is 0 Å². The van der Waals surface area contributed by atoms with Crippen molar-refractivity contribution >= 4 is 27.5 Å². The SMILES string of the molecule is Cc1cc(C2CCCN2C(=O)c2ccc(Br)cc2N)on1. The highest BCUT2D eigenvalue weighted by Gasteiger charge is 2.33. The van der Waals surface area contributed by atoms with Crippen LogP contribution in [0.4, 0.5) is 5.69 Å². The molecule has 5 nitrogen and oxygen atoms in total. The maximum atomic E-state index is 12.7. The largest absolute Gasteiger partial charge is 0.398 e. The second kappa shape index (κ2) is 5.52. The average Bonchev–Trinajstić information content (AvgIpc) is 3.06. The molecule has 1 unspecified atom stereocenters. The molecule has 2 aromatic rings. The molecule has 0 spiro atoms. The van der Waals surface area contributed by atoms with E-state index in [-0.39, 0.29) is 11.9 Å². The number of halogens is 1. The Morgan fingerprint density at radius 2 is 2.29 bits per heavy atom. The Balaban J connectivity index is 1.89. The van der Waals surface area contributed by atoms with Crippen molar-refractivity contribution in [3.63, 3.8) is 0 Å². The highest BCUT2D eigenvalue weighted by molar-refractivity contribution is 9.10. The van der Waals surface area contributed by atoms with E-state index in [1.807, 2.05) is 24.0 Å². The highest BCUT2D eigenvalue weighted by atomic mass is 79.9. The standard InChI is InChI=1S/C15H16BrN3O2/c1-9-7-14(21-18-9)13-3-2-6-19(13)15(20)11-5-4-10(16)8-12(11)17/h4-5,7-8,13H,2-3,6,17H2,1H3. The van der Waals surface area contributed by atoms with Crippen molar-refractivity contribution in [2.75, 3.05) is 12.3 Å². The van der Waals surface area contributed by atoms with E-state index in [0.29, 0.717) is 17.8 Å². The summed E-state index contributed by atoms with van der Waals surface area (Å²) in [4.78, 5) is 14.6. The lowest BCUT2D eigenvalue weighted by Gasteiger charge is -2.23. The van der Waals surface area contributed by atoms with Gasteiger partial charge in [-0.25, -0.2) is 0 Å². The van der Waals surface area contributed by atoms with Crippen LogP contribution in [0, 0.1) is 6.92 Å². The zero-order valence-corrected chi connectivity index (χ0v) is 13.3. The lowest BCUT2D eigenvalue weighted by atomic mass is 10.1. The van der Waals surface area contributed by atoms with Crippen LogP contribution in [0.25, 0.3) is 0 Å². The Morgan fingerprint density at radius 3 is 2.95 bits per heavy atom. The monoisotopic (exact) mass is 349 g/mol. The van der Waals surface area contributed by atoms with Crippen molar-refractivity contribution < 1.29 is 9.32 Å². The maximum Gasteiger partial charge on any atom is 0.256 e. The summed E-state index contributed by atoms with van der Waals surface area (Å²) >= 11 is 3.35. The smallest absolute Gasteiger partial charge is 0.256 e. The minimum atomic E-state index is -0.0587. The summed E-state index contributed by atoms with van der Waals surface area (Å²) in [5, 5.41) is 3.91. The van der Waals surface area contributed by atoms with Gasteiger partial charge in [0.25, 0.3) is 5.91 Å². The lowest BCUT2D eigenvalue weighted by Crippen LogP contribution is -2.31. The van der Waals surface area contributed by atoms with Crippen LogP contribution < -0.4 is 5.73 Å². The molecule has 1 amide bonds.